The smallest absolute Gasteiger partial charge is 0.295 e. The van der Waals surface area contributed by atoms with Gasteiger partial charge in [-0.2, -0.15) is 0 Å². The number of pyridine rings is 1. The van der Waals surface area contributed by atoms with Crippen LogP contribution in [-0.4, -0.2) is 65.4 Å². The number of hydrogen-bond donors (Lipinski definition) is 1. The maximum atomic E-state index is 13.0. The van der Waals surface area contributed by atoms with Crippen LogP contribution in [0, 0.1) is 0 Å². The largest absolute Gasteiger partial charge is 0.507 e. The molecule has 2 heterocycles. The molecular weight excluding hydrogens is 394 g/mol. The molecule has 1 unspecified atom stereocenters. The molecule has 1 atom stereocenters. The van der Waals surface area contributed by atoms with Crippen molar-refractivity contribution in [2.24, 2.45) is 0 Å². The summed E-state index contributed by atoms with van der Waals surface area (Å²) >= 11 is 0. The molecule has 0 saturated carbocycles. The minimum Gasteiger partial charge on any atom is -0.507 e. The summed E-state index contributed by atoms with van der Waals surface area (Å²) in [5, 5.41) is 11.0. The quantitative estimate of drug-likeness (QED) is 0.379. The van der Waals surface area contributed by atoms with Gasteiger partial charge in [0.05, 0.1) is 18.2 Å². The van der Waals surface area contributed by atoms with Crippen LogP contribution in [0.15, 0.2) is 54.4 Å². The third kappa shape index (κ3) is 5.11. The number of hydrogen-bond acceptors (Lipinski definition) is 6. The number of aliphatic hydroxyl groups is 1. The van der Waals surface area contributed by atoms with Gasteiger partial charge in [0, 0.05) is 24.5 Å². The summed E-state index contributed by atoms with van der Waals surface area (Å²) in [5.41, 5.74) is 1.27. The number of carbonyl (C=O) groups is 2. The highest BCUT2D eigenvalue weighted by Gasteiger charge is 2.45. The van der Waals surface area contributed by atoms with Gasteiger partial charge in [0.25, 0.3) is 11.7 Å². The first-order valence-electron chi connectivity index (χ1n) is 10.5. The zero-order valence-corrected chi connectivity index (χ0v) is 18.2. The van der Waals surface area contributed by atoms with E-state index in [1.54, 1.807) is 17.0 Å². The van der Waals surface area contributed by atoms with E-state index in [0.29, 0.717) is 30.9 Å². The van der Waals surface area contributed by atoms with Gasteiger partial charge in [-0.1, -0.05) is 19.1 Å². The molecule has 1 fully saturated rings. The van der Waals surface area contributed by atoms with Crippen molar-refractivity contribution in [1.29, 1.82) is 0 Å². The Morgan fingerprint density at radius 2 is 1.94 bits per heavy atom. The summed E-state index contributed by atoms with van der Waals surface area (Å²) in [6.45, 7) is 3.78. The number of nitrogens with zero attached hydrogens (tertiary/aromatic N) is 3. The maximum absolute atomic E-state index is 13.0. The van der Waals surface area contributed by atoms with Crippen molar-refractivity contribution in [3.05, 3.63) is 65.5 Å². The van der Waals surface area contributed by atoms with Crippen LogP contribution < -0.4 is 4.74 Å². The molecule has 0 aliphatic carbocycles. The predicted molar refractivity (Wildman–Crippen MR) is 119 cm³/mol. The summed E-state index contributed by atoms with van der Waals surface area (Å²) < 4.78 is 5.76. The molecule has 1 aromatic heterocycles. The number of Topliss-reactive ketones (excluding diaryl/α,β-unsaturated/α-hetero) is 1. The minimum absolute atomic E-state index is 0.0914. The Labute approximate surface area is 183 Å². The summed E-state index contributed by atoms with van der Waals surface area (Å²) in [6, 6.07) is 9.94. The standard InChI is InChI=1S/C24H29N3O4/c1-4-15-31-19-8-5-7-18(16-19)21-20(22(28)17-9-11-25-12-10-17)23(29)24(30)27(21)14-6-13-26(2)3/h5,7-12,16,21,28H,4,6,13-15H2,1-3H3/b22-20-. The van der Waals surface area contributed by atoms with Crippen LogP contribution >= 0.6 is 0 Å². The number of aromatic nitrogens is 1. The van der Waals surface area contributed by atoms with Crippen molar-refractivity contribution >= 4 is 17.4 Å². The number of likely N-dealkylation sites (tertiary alicyclic amines) is 1. The molecule has 164 valence electrons. The molecule has 0 radical (unpaired) electrons. The van der Waals surface area contributed by atoms with E-state index in [4.69, 9.17) is 4.74 Å². The molecule has 1 saturated heterocycles. The van der Waals surface area contributed by atoms with E-state index in [9.17, 15) is 14.7 Å². The van der Waals surface area contributed by atoms with Crippen molar-refractivity contribution in [3.8, 4) is 5.75 Å². The van der Waals surface area contributed by atoms with Crippen molar-refractivity contribution in [3.63, 3.8) is 0 Å². The monoisotopic (exact) mass is 423 g/mol. The highest BCUT2D eigenvalue weighted by molar-refractivity contribution is 6.46. The minimum atomic E-state index is -0.680. The van der Waals surface area contributed by atoms with Gasteiger partial charge in [-0.3, -0.25) is 14.6 Å². The predicted octanol–water partition coefficient (Wildman–Crippen LogP) is 3.24. The van der Waals surface area contributed by atoms with Gasteiger partial charge in [0.1, 0.15) is 11.5 Å². The van der Waals surface area contributed by atoms with Crippen molar-refractivity contribution in [1.82, 2.24) is 14.8 Å². The molecule has 7 nitrogen and oxygen atoms in total. The molecule has 0 spiro atoms. The van der Waals surface area contributed by atoms with Gasteiger partial charge in [-0.25, -0.2) is 0 Å². The Morgan fingerprint density at radius 3 is 2.61 bits per heavy atom. The van der Waals surface area contributed by atoms with Gasteiger partial charge in [0.15, 0.2) is 0 Å². The van der Waals surface area contributed by atoms with Crippen LogP contribution in [0.2, 0.25) is 0 Å². The van der Waals surface area contributed by atoms with Crippen molar-refractivity contribution in [2.45, 2.75) is 25.8 Å². The van der Waals surface area contributed by atoms with E-state index < -0.39 is 17.7 Å². The average molecular weight is 424 g/mol. The van der Waals surface area contributed by atoms with Gasteiger partial charge in [-0.05, 0) is 63.3 Å². The second-order valence-electron chi connectivity index (χ2n) is 7.81. The third-order valence-corrected chi connectivity index (χ3v) is 5.14. The van der Waals surface area contributed by atoms with E-state index in [2.05, 4.69) is 4.98 Å². The summed E-state index contributed by atoms with van der Waals surface area (Å²) in [6.07, 6.45) is 4.65. The molecule has 1 aromatic carbocycles. The molecule has 0 bridgehead atoms. The van der Waals surface area contributed by atoms with Gasteiger partial charge in [-0.15, -0.1) is 0 Å². The highest BCUT2D eigenvalue weighted by atomic mass is 16.5. The van der Waals surface area contributed by atoms with Crippen LogP contribution in [0.3, 0.4) is 0 Å². The van der Waals surface area contributed by atoms with Gasteiger partial charge < -0.3 is 19.6 Å². The number of benzene rings is 1. The Balaban J connectivity index is 2.06. The fraction of sp³-hybridized carbons (Fsp3) is 0.375. The van der Waals surface area contributed by atoms with Crippen LogP contribution in [0.1, 0.15) is 36.9 Å². The second-order valence-corrected chi connectivity index (χ2v) is 7.81. The first kappa shape index (κ1) is 22.5. The molecule has 31 heavy (non-hydrogen) atoms. The average Bonchev–Trinajstić information content (AvgIpc) is 3.03. The topological polar surface area (TPSA) is 83.0 Å². The van der Waals surface area contributed by atoms with Gasteiger partial charge in [0.2, 0.25) is 0 Å². The van der Waals surface area contributed by atoms with E-state index in [1.165, 1.54) is 12.4 Å². The fourth-order valence-electron chi connectivity index (χ4n) is 3.67. The number of ether oxygens (including phenoxy) is 1. The lowest BCUT2D eigenvalue weighted by atomic mass is 9.95. The zero-order valence-electron chi connectivity index (χ0n) is 18.2. The molecule has 1 aliphatic heterocycles. The molecule has 1 amide bonds. The normalized spacial score (nSPS) is 18.1. The SMILES string of the molecule is CCCOc1cccc(C2/C(=C(/O)c3ccncc3)C(=O)C(=O)N2CCCN(C)C)c1. The Bertz CT molecular complexity index is 956. The zero-order chi connectivity index (χ0) is 22.4. The van der Waals surface area contributed by atoms with E-state index in [-0.39, 0.29) is 11.3 Å². The van der Waals surface area contributed by atoms with Crippen molar-refractivity contribution in [2.75, 3.05) is 33.8 Å². The lowest BCUT2D eigenvalue weighted by Crippen LogP contribution is -2.32. The van der Waals surface area contributed by atoms with E-state index in [1.807, 2.05) is 50.2 Å². The summed E-state index contributed by atoms with van der Waals surface area (Å²) in [5.74, 6) is -0.800. The van der Waals surface area contributed by atoms with Crippen molar-refractivity contribution < 1.29 is 19.4 Å². The molecule has 7 heteroatoms. The third-order valence-electron chi connectivity index (χ3n) is 5.14. The number of ketones is 1. The molecule has 3 rings (SSSR count). The number of aliphatic hydroxyl groups excluding tert-OH is 1. The number of rotatable bonds is 9. The van der Waals surface area contributed by atoms with Crippen LogP contribution in [0.25, 0.3) is 5.76 Å². The number of carbonyl (C=O) groups excluding carboxylic acids is 2. The Morgan fingerprint density at radius 1 is 1.19 bits per heavy atom. The lowest BCUT2D eigenvalue weighted by Gasteiger charge is -2.26. The number of amides is 1. The molecular formula is C24H29N3O4. The van der Waals surface area contributed by atoms with Crippen LogP contribution in [0.5, 0.6) is 5.75 Å². The van der Waals surface area contributed by atoms with Crippen LogP contribution in [0.4, 0.5) is 0 Å². The first-order valence-corrected chi connectivity index (χ1v) is 10.5. The van der Waals surface area contributed by atoms with Gasteiger partial charge >= 0.3 is 0 Å². The summed E-state index contributed by atoms with van der Waals surface area (Å²) in [4.78, 5) is 33.5. The highest BCUT2D eigenvalue weighted by Crippen LogP contribution is 2.40. The van der Waals surface area contributed by atoms with E-state index in [0.717, 1.165) is 18.5 Å². The first-order chi connectivity index (χ1) is 14.9. The lowest BCUT2D eigenvalue weighted by molar-refractivity contribution is -0.139. The second kappa shape index (κ2) is 10.2. The fourth-order valence-corrected chi connectivity index (χ4v) is 3.67. The molecule has 1 N–H and O–H groups in total. The molecule has 1 aliphatic rings. The van der Waals surface area contributed by atoms with E-state index >= 15 is 0 Å². The van der Waals surface area contributed by atoms with Crippen LogP contribution in [-0.2, 0) is 9.59 Å². The Hall–Kier alpha value is -3.19. The summed E-state index contributed by atoms with van der Waals surface area (Å²) in [7, 11) is 3.92. The molecule has 2 aromatic rings. The maximum Gasteiger partial charge on any atom is 0.295 e. The Kier molecular flexibility index (Phi) is 7.41.